The van der Waals surface area contributed by atoms with E-state index in [1.54, 1.807) is 11.3 Å². The zero-order chi connectivity index (χ0) is 21.0. The van der Waals surface area contributed by atoms with E-state index >= 15 is 0 Å². The second-order valence-corrected chi connectivity index (χ2v) is 9.06. The highest BCUT2D eigenvalue weighted by molar-refractivity contribution is 7.09. The lowest BCUT2D eigenvalue weighted by Crippen LogP contribution is -2.70. The molecule has 2 amide bonds. The average molecular weight is 437 g/mol. The van der Waals surface area contributed by atoms with Crippen molar-refractivity contribution in [3.63, 3.8) is 0 Å². The van der Waals surface area contributed by atoms with Crippen LogP contribution in [-0.4, -0.2) is 71.3 Å². The van der Waals surface area contributed by atoms with Gasteiger partial charge in [0.2, 0.25) is 0 Å². The largest absolute Gasteiger partial charge is 0.336 e. The van der Waals surface area contributed by atoms with Gasteiger partial charge in [0, 0.05) is 62.3 Å². The Hall–Kier alpha value is -2.52. The fraction of sp³-hybridized carbons (Fsp3) is 0.391. The van der Waals surface area contributed by atoms with Crippen LogP contribution in [0.15, 0.2) is 54.0 Å². The molecule has 2 aliphatic rings. The number of piperazine rings is 1. The van der Waals surface area contributed by atoms with Gasteiger partial charge in [0.15, 0.2) is 0 Å². The van der Waals surface area contributed by atoms with Crippen LogP contribution in [0.25, 0.3) is 10.9 Å². The summed E-state index contributed by atoms with van der Waals surface area (Å²) in [7, 11) is 0. The monoisotopic (exact) mass is 436 g/mol. The van der Waals surface area contributed by atoms with Gasteiger partial charge in [-0.3, -0.25) is 9.88 Å². The van der Waals surface area contributed by atoms with Crippen LogP contribution in [0.5, 0.6) is 0 Å². The maximum Gasteiger partial charge on any atom is 0.336 e. The highest BCUT2D eigenvalue weighted by atomic mass is 32.1. The maximum atomic E-state index is 13.8. The smallest absolute Gasteiger partial charge is 0.319 e. The Morgan fingerprint density at radius 2 is 2.06 bits per heavy atom. The minimum Gasteiger partial charge on any atom is -0.319 e. The third-order valence-corrected chi connectivity index (χ3v) is 7.00. The molecule has 2 saturated heterocycles. The molecule has 3 aromatic rings. The van der Waals surface area contributed by atoms with Crippen molar-refractivity contribution in [1.82, 2.24) is 30.5 Å². The Labute approximate surface area is 186 Å². The summed E-state index contributed by atoms with van der Waals surface area (Å²) in [5.41, 5.74) is 5.40. The number of nitrogens with zero attached hydrogens (tertiary/aromatic N) is 4. The molecule has 162 valence electrons. The number of benzene rings is 1. The SMILES string of the molecule is O=C(N(CCc1cccs1)Cc1cccc2cccnc12)N1NCCN2CCNCC21. The number of carbonyl (C=O) groups is 1. The van der Waals surface area contributed by atoms with Crippen LogP contribution in [0.4, 0.5) is 4.79 Å². The summed E-state index contributed by atoms with van der Waals surface area (Å²) in [5, 5.41) is 8.46. The van der Waals surface area contributed by atoms with Gasteiger partial charge in [0.25, 0.3) is 0 Å². The number of thiophene rings is 1. The minimum atomic E-state index is 0.0305. The van der Waals surface area contributed by atoms with E-state index in [1.807, 2.05) is 28.2 Å². The number of pyridine rings is 1. The lowest BCUT2D eigenvalue weighted by molar-refractivity contribution is -0.0263. The summed E-state index contributed by atoms with van der Waals surface area (Å²) in [6.45, 7) is 5.70. The molecule has 0 aliphatic carbocycles. The van der Waals surface area contributed by atoms with E-state index in [0.717, 1.165) is 55.6 Å². The molecule has 0 bridgehead atoms. The molecule has 2 aromatic heterocycles. The second kappa shape index (κ2) is 9.32. The van der Waals surface area contributed by atoms with Crippen molar-refractivity contribution < 1.29 is 4.79 Å². The molecule has 1 aromatic carbocycles. The van der Waals surface area contributed by atoms with E-state index in [2.05, 4.69) is 56.3 Å². The summed E-state index contributed by atoms with van der Waals surface area (Å²) in [6, 6.07) is 14.5. The van der Waals surface area contributed by atoms with Gasteiger partial charge in [-0.25, -0.2) is 15.2 Å². The van der Waals surface area contributed by atoms with E-state index < -0.39 is 0 Å². The molecular weight excluding hydrogens is 408 g/mol. The Morgan fingerprint density at radius 1 is 1.16 bits per heavy atom. The molecule has 1 atom stereocenters. The first-order chi connectivity index (χ1) is 15.3. The van der Waals surface area contributed by atoms with Gasteiger partial charge in [-0.2, -0.15) is 0 Å². The first-order valence-electron chi connectivity index (χ1n) is 10.9. The van der Waals surface area contributed by atoms with Crippen molar-refractivity contribution in [2.75, 3.05) is 39.3 Å². The number of hydrogen-bond acceptors (Lipinski definition) is 6. The Morgan fingerprint density at radius 3 is 2.97 bits per heavy atom. The van der Waals surface area contributed by atoms with Crippen molar-refractivity contribution in [3.8, 4) is 0 Å². The van der Waals surface area contributed by atoms with Crippen molar-refractivity contribution in [3.05, 3.63) is 64.5 Å². The van der Waals surface area contributed by atoms with Crippen LogP contribution in [0.3, 0.4) is 0 Å². The van der Waals surface area contributed by atoms with E-state index in [-0.39, 0.29) is 12.2 Å². The second-order valence-electron chi connectivity index (χ2n) is 8.02. The zero-order valence-electron chi connectivity index (χ0n) is 17.5. The predicted molar refractivity (Wildman–Crippen MR) is 124 cm³/mol. The number of hydrogen-bond donors (Lipinski definition) is 2. The van der Waals surface area contributed by atoms with Gasteiger partial charge in [-0.05, 0) is 29.5 Å². The van der Waals surface area contributed by atoms with Crippen molar-refractivity contribution in [2.24, 2.45) is 0 Å². The fourth-order valence-corrected chi connectivity index (χ4v) is 5.16. The summed E-state index contributed by atoms with van der Waals surface area (Å²) < 4.78 is 0. The van der Waals surface area contributed by atoms with Crippen molar-refractivity contribution in [2.45, 2.75) is 19.1 Å². The number of para-hydroxylation sites is 1. The van der Waals surface area contributed by atoms with Gasteiger partial charge in [0.1, 0.15) is 6.17 Å². The van der Waals surface area contributed by atoms with Gasteiger partial charge in [-0.15, -0.1) is 11.3 Å². The molecule has 2 N–H and O–H groups in total. The standard InChI is InChI=1S/C23H28N6OS/c30-23(29-21-16-24-10-13-27(21)14-11-26-29)28(12-8-20-7-3-15-31-20)17-19-5-1-4-18-6-2-9-25-22(18)19/h1-7,9,15,21,24,26H,8,10-14,16-17H2. The summed E-state index contributed by atoms with van der Waals surface area (Å²) in [4.78, 5) is 24.0. The molecule has 1 unspecified atom stereocenters. The summed E-state index contributed by atoms with van der Waals surface area (Å²) >= 11 is 1.74. The first-order valence-corrected chi connectivity index (χ1v) is 11.8. The normalized spacial score (nSPS) is 19.4. The summed E-state index contributed by atoms with van der Waals surface area (Å²) in [5.74, 6) is 0. The highest BCUT2D eigenvalue weighted by Gasteiger charge is 2.36. The van der Waals surface area contributed by atoms with Gasteiger partial charge < -0.3 is 10.2 Å². The van der Waals surface area contributed by atoms with Gasteiger partial charge in [-0.1, -0.05) is 30.3 Å². The van der Waals surface area contributed by atoms with Crippen LogP contribution in [0, 0.1) is 0 Å². The molecule has 4 heterocycles. The molecule has 8 heteroatoms. The van der Waals surface area contributed by atoms with E-state index in [4.69, 9.17) is 0 Å². The Bertz CT molecular complexity index is 1020. The number of urea groups is 1. The molecule has 31 heavy (non-hydrogen) atoms. The number of fused-ring (bicyclic) bond motifs is 2. The van der Waals surface area contributed by atoms with E-state index in [9.17, 15) is 4.79 Å². The van der Waals surface area contributed by atoms with Crippen LogP contribution < -0.4 is 10.7 Å². The zero-order valence-corrected chi connectivity index (χ0v) is 18.4. The molecule has 0 spiro atoms. The quantitative estimate of drug-likeness (QED) is 0.644. The number of rotatable bonds is 5. The molecule has 0 radical (unpaired) electrons. The van der Waals surface area contributed by atoms with Crippen LogP contribution in [0.1, 0.15) is 10.4 Å². The van der Waals surface area contributed by atoms with Gasteiger partial charge >= 0.3 is 6.03 Å². The summed E-state index contributed by atoms with van der Waals surface area (Å²) in [6.07, 6.45) is 2.72. The van der Waals surface area contributed by atoms with E-state index in [0.29, 0.717) is 13.1 Å². The molecule has 0 saturated carbocycles. The van der Waals surface area contributed by atoms with Gasteiger partial charge in [0.05, 0.1) is 5.52 Å². The number of aromatic nitrogens is 1. The lowest BCUT2D eigenvalue weighted by Gasteiger charge is -2.47. The molecule has 7 nitrogen and oxygen atoms in total. The maximum absolute atomic E-state index is 13.8. The number of hydrazine groups is 1. The third-order valence-electron chi connectivity index (χ3n) is 6.07. The molecule has 2 fully saturated rings. The van der Waals surface area contributed by atoms with E-state index in [1.165, 1.54) is 4.88 Å². The van der Waals surface area contributed by atoms with Crippen molar-refractivity contribution in [1.29, 1.82) is 0 Å². The number of nitrogens with one attached hydrogen (secondary N) is 2. The third kappa shape index (κ3) is 4.43. The number of amides is 2. The van der Waals surface area contributed by atoms with Crippen LogP contribution in [0.2, 0.25) is 0 Å². The molecular formula is C23H28N6OS. The molecule has 2 aliphatic heterocycles. The molecule has 5 rings (SSSR count). The highest BCUT2D eigenvalue weighted by Crippen LogP contribution is 2.21. The number of carbonyl (C=O) groups excluding carboxylic acids is 1. The fourth-order valence-electron chi connectivity index (χ4n) is 4.46. The average Bonchev–Trinajstić information content (AvgIpc) is 3.35. The van der Waals surface area contributed by atoms with Crippen molar-refractivity contribution >= 4 is 28.3 Å². The van der Waals surface area contributed by atoms with Crippen LogP contribution >= 0.6 is 11.3 Å². The Balaban J connectivity index is 1.41. The minimum absolute atomic E-state index is 0.0305. The topological polar surface area (TPSA) is 63.7 Å². The van der Waals surface area contributed by atoms with Crippen LogP contribution in [-0.2, 0) is 13.0 Å². The first kappa shape index (κ1) is 20.4. The predicted octanol–water partition coefficient (Wildman–Crippen LogP) is 2.51. The lowest BCUT2D eigenvalue weighted by atomic mass is 10.1. The Kier molecular flexibility index (Phi) is 6.13.